The van der Waals surface area contributed by atoms with Crippen molar-refractivity contribution in [1.29, 1.82) is 0 Å². The zero-order valence-electron chi connectivity index (χ0n) is 23.9. The molecule has 7 nitrogen and oxygen atoms in total. The van der Waals surface area contributed by atoms with Crippen LogP contribution in [-0.2, 0) is 33.2 Å². The molecule has 3 heterocycles. The van der Waals surface area contributed by atoms with E-state index in [1.165, 1.54) is 39.2 Å². The molecule has 0 N–H and O–H groups in total. The van der Waals surface area contributed by atoms with Crippen molar-refractivity contribution in [2.24, 2.45) is 11.8 Å². The third kappa shape index (κ3) is 9.29. The van der Waals surface area contributed by atoms with Gasteiger partial charge in [0.25, 0.3) is 0 Å². The zero-order valence-corrected chi connectivity index (χ0v) is 23.9. The molecular formula is C31H52O7. The molecular weight excluding hydrogens is 484 g/mol. The predicted octanol–water partition coefficient (Wildman–Crippen LogP) is 6.47. The molecule has 218 valence electrons. The molecule has 38 heavy (non-hydrogen) atoms. The van der Waals surface area contributed by atoms with Gasteiger partial charge >= 0.3 is 5.97 Å². The van der Waals surface area contributed by atoms with Crippen LogP contribution < -0.4 is 0 Å². The summed E-state index contributed by atoms with van der Waals surface area (Å²) in [5.41, 5.74) is 0. The molecule has 0 amide bonds. The Balaban J connectivity index is 1.37. The van der Waals surface area contributed by atoms with E-state index in [1.807, 2.05) is 0 Å². The first-order chi connectivity index (χ1) is 18.7. The fourth-order valence-corrected chi connectivity index (χ4v) is 6.58. The van der Waals surface area contributed by atoms with Crippen molar-refractivity contribution in [2.45, 2.75) is 147 Å². The maximum Gasteiger partial charge on any atom is 0.305 e. The summed E-state index contributed by atoms with van der Waals surface area (Å²) in [6.07, 6.45) is 21.7. The van der Waals surface area contributed by atoms with Crippen molar-refractivity contribution in [2.75, 3.05) is 20.3 Å². The Morgan fingerprint density at radius 3 is 2.47 bits per heavy atom. The normalized spacial score (nSPS) is 34.4. The molecule has 0 spiro atoms. The average Bonchev–Trinajstić information content (AvgIpc) is 3.47. The molecule has 3 saturated heterocycles. The standard InChI is InChI=1S/C31H52O7/c1-3-4-5-12-23(37-30-15-8-10-19-34-30)17-18-25-26-21-24(13-6-7-14-29(32)33-2)36-28(26)22-27(25)38-31-16-9-11-20-35-31/h17-18,23-28,30-31H,3-16,19-22H2,1-2H3/b18-17+/t23-,24?,25+,26+,27+,28-,30?,31?/m0/s1. The van der Waals surface area contributed by atoms with E-state index in [0.717, 1.165) is 77.4 Å². The van der Waals surface area contributed by atoms with E-state index in [-0.39, 0.29) is 43.0 Å². The van der Waals surface area contributed by atoms with Gasteiger partial charge in [-0.3, -0.25) is 4.79 Å². The lowest BCUT2D eigenvalue weighted by atomic mass is 9.88. The number of hydrogen-bond acceptors (Lipinski definition) is 7. The van der Waals surface area contributed by atoms with Crippen molar-refractivity contribution in [3.63, 3.8) is 0 Å². The Bertz CT molecular complexity index is 700. The van der Waals surface area contributed by atoms with Gasteiger partial charge in [0.1, 0.15) is 0 Å². The van der Waals surface area contributed by atoms with Crippen LogP contribution in [0.15, 0.2) is 12.2 Å². The molecule has 0 bridgehead atoms. The van der Waals surface area contributed by atoms with E-state index < -0.39 is 0 Å². The monoisotopic (exact) mass is 536 g/mol. The number of unbranched alkanes of at least 4 members (excludes halogenated alkanes) is 3. The highest BCUT2D eigenvalue weighted by molar-refractivity contribution is 5.68. The molecule has 4 aliphatic rings. The summed E-state index contributed by atoms with van der Waals surface area (Å²) in [6.45, 7) is 3.84. The van der Waals surface area contributed by atoms with Crippen molar-refractivity contribution < 1.29 is 33.2 Å². The van der Waals surface area contributed by atoms with E-state index in [9.17, 15) is 4.79 Å². The smallest absolute Gasteiger partial charge is 0.305 e. The highest BCUT2D eigenvalue weighted by atomic mass is 16.7. The first-order valence-corrected chi connectivity index (χ1v) is 15.6. The Morgan fingerprint density at radius 2 is 1.76 bits per heavy atom. The summed E-state index contributed by atoms with van der Waals surface area (Å²) in [7, 11) is 1.45. The van der Waals surface area contributed by atoms with Gasteiger partial charge in [0.05, 0.1) is 31.5 Å². The first kappa shape index (κ1) is 30.0. The van der Waals surface area contributed by atoms with E-state index in [0.29, 0.717) is 18.3 Å². The van der Waals surface area contributed by atoms with Gasteiger partial charge in [0.15, 0.2) is 12.6 Å². The van der Waals surface area contributed by atoms with Gasteiger partial charge in [0.2, 0.25) is 0 Å². The lowest BCUT2D eigenvalue weighted by Crippen LogP contribution is -2.31. The lowest BCUT2D eigenvalue weighted by Gasteiger charge is -2.30. The maximum atomic E-state index is 11.4. The summed E-state index contributed by atoms with van der Waals surface area (Å²) in [6, 6.07) is 0. The van der Waals surface area contributed by atoms with Gasteiger partial charge in [-0.15, -0.1) is 0 Å². The highest BCUT2D eigenvalue weighted by Crippen LogP contribution is 2.47. The second-order valence-corrected chi connectivity index (χ2v) is 11.7. The number of ether oxygens (including phenoxy) is 6. The van der Waals surface area contributed by atoms with Gasteiger partial charge in [0, 0.05) is 32.0 Å². The summed E-state index contributed by atoms with van der Waals surface area (Å²) < 4.78 is 36.2. The van der Waals surface area contributed by atoms with Crippen molar-refractivity contribution >= 4 is 5.97 Å². The third-order valence-corrected chi connectivity index (χ3v) is 8.72. The van der Waals surface area contributed by atoms with Crippen LogP contribution in [0.4, 0.5) is 0 Å². The van der Waals surface area contributed by atoms with Crippen molar-refractivity contribution in [3.05, 3.63) is 12.2 Å². The molecule has 4 fully saturated rings. The number of methoxy groups -OCH3 is 1. The van der Waals surface area contributed by atoms with E-state index in [4.69, 9.17) is 28.4 Å². The molecule has 0 aromatic carbocycles. The second-order valence-electron chi connectivity index (χ2n) is 11.7. The van der Waals surface area contributed by atoms with Gasteiger partial charge in [-0.2, -0.15) is 0 Å². The van der Waals surface area contributed by atoms with Crippen LogP contribution in [0.2, 0.25) is 0 Å². The number of fused-ring (bicyclic) bond motifs is 1. The Kier molecular flexibility index (Phi) is 12.9. The molecule has 8 atom stereocenters. The van der Waals surface area contributed by atoms with Crippen LogP contribution in [0.3, 0.4) is 0 Å². The predicted molar refractivity (Wildman–Crippen MR) is 146 cm³/mol. The van der Waals surface area contributed by atoms with Crippen molar-refractivity contribution in [1.82, 2.24) is 0 Å². The van der Waals surface area contributed by atoms with Gasteiger partial charge in [-0.05, 0) is 70.1 Å². The van der Waals surface area contributed by atoms with E-state index in [2.05, 4.69) is 19.1 Å². The summed E-state index contributed by atoms with van der Waals surface area (Å²) >= 11 is 0. The number of carbonyl (C=O) groups is 1. The third-order valence-electron chi connectivity index (χ3n) is 8.72. The molecule has 3 aliphatic heterocycles. The van der Waals surface area contributed by atoms with Crippen LogP contribution in [0.25, 0.3) is 0 Å². The average molecular weight is 537 g/mol. The van der Waals surface area contributed by atoms with Crippen LogP contribution in [0.5, 0.6) is 0 Å². The SMILES string of the molecule is CCCCC[C@@H](/C=C/[C@@H]1[C@H]2CC(CCCCC(=O)OC)O[C@H]2C[C@H]1OC1CCCCO1)OC1CCCCO1. The van der Waals surface area contributed by atoms with Crippen LogP contribution in [0, 0.1) is 11.8 Å². The number of hydrogen-bond donors (Lipinski definition) is 0. The van der Waals surface area contributed by atoms with Gasteiger partial charge in [-0.1, -0.05) is 44.8 Å². The first-order valence-electron chi connectivity index (χ1n) is 15.6. The molecule has 1 aliphatic carbocycles. The quantitative estimate of drug-likeness (QED) is 0.135. The molecule has 0 aromatic heterocycles. The largest absolute Gasteiger partial charge is 0.469 e. The lowest BCUT2D eigenvalue weighted by molar-refractivity contribution is -0.194. The Labute approximate surface area is 230 Å². The summed E-state index contributed by atoms with van der Waals surface area (Å²) in [4.78, 5) is 11.4. The number of esters is 1. The summed E-state index contributed by atoms with van der Waals surface area (Å²) in [5, 5.41) is 0. The fourth-order valence-electron chi connectivity index (χ4n) is 6.58. The Hall–Kier alpha value is -0.990. The molecule has 0 radical (unpaired) electrons. The van der Waals surface area contributed by atoms with E-state index in [1.54, 1.807) is 0 Å². The molecule has 1 saturated carbocycles. The van der Waals surface area contributed by atoms with Crippen molar-refractivity contribution in [3.8, 4) is 0 Å². The van der Waals surface area contributed by atoms with E-state index >= 15 is 0 Å². The zero-order chi connectivity index (χ0) is 26.6. The highest BCUT2D eigenvalue weighted by Gasteiger charge is 2.49. The van der Waals surface area contributed by atoms with Crippen LogP contribution >= 0.6 is 0 Å². The minimum absolute atomic E-state index is 0.0757. The van der Waals surface area contributed by atoms with Gasteiger partial charge < -0.3 is 28.4 Å². The van der Waals surface area contributed by atoms with Gasteiger partial charge in [-0.25, -0.2) is 0 Å². The Morgan fingerprint density at radius 1 is 0.974 bits per heavy atom. The molecule has 0 aromatic rings. The topological polar surface area (TPSA) is 72.5 Å². The molecule has 7 heteroatoms. The van der Waals surface area contributed by atoms with Crippen LogP contribution in [0.1, 0.15) is 110 Å². The molecule has 3 unspecified atom stereocenters. The minimum Gasteiger partial charge on any atom is -0.469 e. The van der Waals surface area contributed by atoms with Crippen LogP contribution in [-0.4, -0.2) is 63.3 Å². The minimum atomic E-state index is -0.126. The molecule has 4 rings (SSSR count). The fraction of sp³-hybridized carbons (Fsp3) is 0.903. The number of rotatable bonds is 15. The summed E-state index contributed by atoms with van der Waals surface area (Å²) in [5.74, 6) is 0.626. The second kappa shape index (κ2) is 16.3. The maximum absolute atomic E-state index is 11.4. The number of carbonyl (C=O) groups excluding carboxylic acids is 1.